The van der Waals surface area contributed by atoms with Crippen LogP contribution in [0.3, 0.4) is 0 Å². The molecule has 1 atom stereocenters. The summed E-state index contributed by atoms with van der Waals surface area (Å²) in [5.41, 5.74) is 8.00. The summed E-state index contributed by atoms with van der Waals surface area (Å²) in [4.78, 5) is 2.61. The van der Waals surface area contributed by atoms with Gasteiger partial charge in [-0.15, -0.1) is 0 Å². The molecule has 1 heterocycles. The Morgan fingerprint density at radius 2 is 1.89 bits per heavy atom. The molecule has 1 saturated carbocycles. The maximum atomic E-state index is 5.83. The maximum Gasteiger partial charge on any atom is 0.0514 e. The monoisotopic (exact) mass is 308 g/mol. The average molecular weight is 309 g/mol. The van der Waals surface area contributed by atoms with Gasteiger partial charge in [-0.1, -0.05) is 12.8 Å². The number of rotatable bonds is 2. The lowest BCUT2D eigenvalue weighted by molar-refractivity contribution is 0.430. The summed E-state index contributed by atoms with van der Waals surface area (Å²) in [7, 11) is 0. The van der Waals surface area contributed by atoms with Gasteiger partial charge in [0.25, 0.3) is 0 Å². The van der Waals surface area contributed by atoms with Gasteiger partial charge in [-0.25, -0.2) is 0 Å². The van der Waals surface area contributed by atoms with Crippen LogP contribution < -0.4 is 10.6 Å². The third-order valence-corrected chi connectivity index (χ3v) is 5.16. The molecule has 1 aliphatic heterocycles. The molecule has 0 aromatic heterocycles. The minimum Gasteiger partial charge on any atom is -0.399 e. The van der Waals surface area contributed by atoms with Crippen LogP contribution in [0.2, 0.25) is 0 Å². The third kappa shape index (κ3) is 2.25. The lowest BCUT2D eigenvalue weighted by atomic mass is 9.95. The van der Waals surface area contributed by atoms with Crippen molar-refractivity contribution in [3.8, 4) is 0 Å². The molecule has 2 N–H and O–H groups in total. The smallest absolute Gasteiger partial charge is 0.0514 e. The first kappa shape index (κ1) is 12.3. The van der Waals surface area contributed by atoms with Gasteiger partial charge in [0.1, 0.15) is 0 Å². The highest BCUT2D eigenvalue weighted by Crippen LogP contribution is 2.40. The molecule has 1 unspecified atom stereocenters. The summed E-state index contributed by atoms with van der Waals surface area (Å²) in [6.45, 7) is 1.20. The van der Waals surface area contributed by atoms with E-state index in [1.54, 1.807) is 0 Å². The van der Waals surface area contributed by atoms with Crippen LogP contribution in [0.1, 0.15) is 38.5 Å². The van der Waals surface area contributed by atoms with Gasteiger partial charge in [-0.2, -0.15) is 0 Å². The number of nitrogens with two attached hydrogens (primary N) is 1. The minimum absolute atomic E-state index is 0.757. The van der Waals surface area contributed by atoms with Gasteiger partial charge in [-0.3, -0.25) is 0 Å². The molecule has 1 aromatic rings. The number of nitrogens with zero attached hydrogens (tertiary/aromatic N) is 1. The lowest BCUT2D eigenvalue weighted by Crippen LogP contribution is -2.34. The lowest BCUT2D eigenvalue weighted by Gasteiger charge is -2.32. The third-order valence-electron chi connectivity index (χ3n) is 4.52. The van der Waals surface area contributed by atoms with Crippen molar-refractivity contribution in [1.29, 1.82) is 0 Å². The predicted molar refractivity (Wildman–Crippen MR) is 80.9 cm³/mol. The summed E-state index contributed by atoms with van der Waals surface area (Å²) in [5.74, 6) is 0.914. The Morgan fingerprint density at radius 1 is 1.11 bits per heavy atom. The van der Waals surface area contributed by atoms with Crippen molar-refractivity contribution in [2.75, 3.05) is 17.2 Å². The molecular weight excluding hydrogens is 288 g/mol. The topological polar surface area (TPSA) is 29.3 Å². The zero-order valence-electron chi connectivity index (χ0n) is 10.7. The van der Waals surface area contributed by atoms with Crippen molar-refractivity contribution >= 4 is 27.3 Å². The second-order valence-corrected chi connectivity index (χ2v) is 6.51. The Bertz CT molecular complexity index is 427. The Balaban J connectivity index is 1.85. The fraction of sp³-hybridized carbons (Fsp3) is 0.600. The van der Waals surface area contributed by atoms with Crippen LogP contribution in [0.15, 0.2) is 22.7 Å². The molecular formula is C15H21BrN2. The van der Waals surface area contributed by atoms with Crippen LogP contribution in [0.5, 0.6) is 0 Å². The molecule has 18 heavy (non-hydrogen) atoms. The Labute approximate surface area is 118 Å². The van der Waals surface area contributed by atoms with Crippen LogP contribution in [-0.4, -0.2) is 12.6 Å². The van der Waals surface area contributed by atoms with Gasteiger partial charge in [0.2, 0.25) is 0 Å². The van der Waals surface area contributed by atoms with E-state index in [-0.39, 0.29) is 0 Å². The van der Waals surface area contributed by atoms with E-state index in [1.165, 1.54) is 50.8 Å². The normalized spacial score (nSPS) is 24.9. The molecule has 3 rings (SSSR count). The van der Waals surface area contributed by atoms with E-state index in [9.17, 15) is 0 Å². The highest BCUT2D eigenvalue weighted by atomic mass is 79.9. The van der Waals surface area contributed by atoms with Gasteiger partial charge in [0, 0.05) is 22.7 Å². The van der Waals surface area contributed by atoms with Crippen molar-refractivity contribution in [3.63, 3.8) is 0 Å². The predicted octanol–water partition coefficient (Wildman–Crippen LogP) is 4.19. The Kier molecular flexibility index (Phi) is 3.51. The van der Waals surface area contributed by atoms with Crippen LogP contribution >= 0.6 is 15.9 Å². The first-order valence-corrected chi connectivity index (χ1v) is 7.86. The van der Waals surface area contributed by atoms with E-state index in [1.807, 2.05) is 12.1 Å². The van der Waals surface area contributed by atoms with Crippen LogP contribution in [0.4, 0.5) is 11.4 Å². The molecule has 0 amide bonds. The van der Waals surface area contributed by atoms with Crippen molar-refractivity contribution in [2.45, 2.75) is 44.6 Å². The second kappa shape index (κ2) is 5.12. The van der Waals surface area contributed by atoms with E-state index in [0.29, 0.717) is 0 Å². The van der Waals surface area contributed by atoms with Crippen molar-refractivity contribution in [3.05, 3.63) is 22.7 Å². The number of benzene rings is 1. The maximum absolute atomic E-state index is 5.83. The number of anilines is 2. The highest BCUT2D eigenvalue weighted by molar-refractivity contribution is 9.10. The molecule has 2 fully saturated rings. The number of halogens is 1. The number of hydrogen-bond acceptors (Lipinski definition) is 2. The van der Waals surface area contributed by atoms with Crippen molar-refractivity contribution < 1.29 is 0 Å². The molecule has 0 bridgehead atoms. The fourth-order valence-corrected chi connectivity index (χ4v) is 4.30. The quantitative estimate of drug-likeness (QED) is 0.830. The van der Waals surface area contributed by atoms with E-state index in [2.05, 4.69) is 26.9 Å². The molecule has 3 heteroatoms. The molecule has 1 aromatic carbocycles. The van der Waals surface area contributed by atoms with Crippen LogP contribution in [0, 0.1) is 5.92 Å². The summed E-state index contributed by atoms with van der Waals surface area (Å²) < 4.78 is 1.15. The molecule has 0 spiro atoms. The molecule has 1 aliphatic carbocycles. The summed E-state index contributed by atoms with van der Waals surface area (Å²) in [5, 5.41) is 0. The van der Waals surface area contributed by atoms with E-state index in [0.717, 1.165) is 22.1 Å². The van der Waals surface area contributed by atoms with E-state index < -0.39 is 0 Å². The largest absolute Gasteiger partial charge is 0.399 e. The van der Waals surface area contributed by atoms with Crippen LogP contribution in [-0.2, 0) is 0 Å². The van der Waals surface area contributed by atoms with Gasteiger partial charge in [-0.05, 0) is 65.7 Å². The average Bonchev–Trinajstić information content (AvgIpc) is 2.98. The second-order valence-electron chi connectivity index (χ2n) is 5.66. The summed E-state index contributed by atoms with van der Waals surface area (Å²) >= 11 is 3.67. The van der Waals surface area contributed by atoms with E-state index >= 15 is 0 Å². The number of hydrogen-bond donors (Lipinski definition) is 1. The Morgan fingerprint density at radius 3 is 2.61 bits per heavy atom. The number of nitrogen functional groups attached to an aromatic ring is 1. The zero-order chi connectivity index (χ0) is 12.5. The molecule has 2 nitrogen and oxygen atoms in total. The zero-order valence-corrected chi connectivity index (χ0v) is 12.3. The van der Waals surface area contributed by atoms with Crippen LogP contribution in [0.25, 0.3) is 0 Å². The summed E-state index contributed by atoms with van der Waals surface area (Å²) in [6, 6.07) is 6.98. The highest BCUT2D eigenvalue weighted by Gasteiger charge is 2.33. The van der Waals surface area contributed by atoms with Gasteiger partial charge in [0.05, 0.1) is 5.69 Å². The molecule has 1 saturated heterocycles. The minimum atomic E-state index is 0.757. The molecule has 98 valence electrons. The molecule has 2 aliphatic rings. The first-order chi connectivity index (χ1) is 8.75. The summed E-state index contributed by atoms with van der Waals surface area (Å²) in [6.07, 6.45) is 8.40. The van der Waals surface area contributed by atoms with Crippen molar-refractivity contribution in [2.24, 2.45) is 5.92 Å². The SMILES string of the molecule is Nc1ccc(N2CCCC2C2CCCC2)c(Br)c1. The van der Waals surface area contributed by atoms with Gasteiger partial charge in [0.15, 0.2) is 0 Å². The molecule has 0 radical (unpaired) electrons. The Hall–Kier alpha value is -0.700. The van der Waals surface area contributed by atoms with Crippen molar-refractivity contribution in [1.82, 2.24) is 0 Å². The van der Waals surface area contributed by atoms with Gasteiger partial charge < -0.3 is 10.6 Å². The van der Waals surface area contributed by atoms with Gasteiger partial charge >= 0.3 is 0 Å². The fourth-order valence-electron chi connectivity index (χ4n) is 3.68. The van der Waals surface area contributed by atoms with E-state index in [4.69, 9.17) is 5.73 Å². The standard InChI is InChI=1S/C15H21BrN2/c16-13-10-12(17)7-8-15(13)18-9-3-6-14(18)11-4-1-2-5-11/h7-8,10-11,14H,1-6,9,17H2. The first-order valence-electron chi connectivity index (χ1n) is 7.07.